The highest BCUT2D eigenvalue weighted by atomic mass is 79.9. The zero-order valence-corrected chi connectivity index (χ0v) is 14.1. The van der Waals surface area contributed by atoms with Crippen molar-refractivity contribution >= 4 is 27.5 Å². The van der Waals surface area contributed by atoms with Crippen LogP contribution in [0.15, 0.2) is 46.9 Å². The molecule has 0 radical (unpaired) electrons. The van der Waals surface area contributed by atoms with E-state index in [2.05, 4.69) is 22.0 Å². The first-order valence-corrected chi connectivity index (χ1v) is 8.27. The molecular weight excluding hydrogens is 342 g/mol. The van der Waals surface area contributed by atoms with Gasteiger partial charge in [0.25, 0.3) is 0 Å². The number of carbonyl (C=O) groups is 1. The van der Waals surface area contributed by atoms with E-state index in [1.165, 1.54) is 5.56 Å². The maximum atomic E-state index is 12.6. The van der Waals surface area contributed by atoms with Gasteiger partial charge in [-0.05, 0) is 54.8 Å². The summed E-state index contributed by atoms with van der Waals surface area (Å²) in [6.07, 6.45) is 1.34. The lowest BCUT2D eigenvalue weighted by Crippen LogP contribution is -2.30. The van der Waals surface area contributed by atoms with E-state index >= 15 is 0 Å². The summed E-state index contributed by atoms with van der Waals surface area (Å²) in [5, 5.41) is 0. The van der Waals surface area contributed by atoms with E-state index in [1.54, 1.807) is 0 Å². The molecule has 3 nitrogen and oxygen atoms in total. The third kappa shape index (κ3) is 3.17. The van der Waals surface area contributed by atoms with Gasteiger partial charge in [-0.15, -0.1) is 0 Å². The quantitative estimate of drug-likeness (QED) is 0.826. The Morgan fingerprint density at radius 3 is 2.73 bits per heavy atom. The van der Waals surface area contributed by atoms with Gasteiger partial charge in [0.05, 0.1) is 13.0 Å². The van der Waals surface area contributed by atoms with E-state index in [9.17, 15) is 4.79 Å². The van der Waals surface area contributed by atoms with E-state index in [1.807, 2.05) is 48.2 Å². The van der Waals surface area contributed by atoms with Gasteiger partial charge in [0.1, 0.15) is 5.75 Å². The highest BCUT2D eigenvalue weighted by Gasteiger charge is 2.24. The van der Waals surface area contributed by atoms with E-state index in [0.29, 0.717) is 13.0 Å². The van der Waals surface area contributed by atoms with Gasteiger partial charge in [0, 0.05) is 16.7 Å². The average Bonchev–Trinajstić information content (AvgIpc) is 2.92. The van der Waals surface area contributed by atoms with Crippen molar-refractivity contribution in [3.05, 3.63) is 58.1 Å². The topological polar surface area (TPSA) is 29.5 Å². The number of anilines is 1. The maximum Gasteiger partial charge on any atom is 0.231 e. The van der Waals surface area contributed by atoms with Crippen LogP contribution in [0.25, 0.3) is 0 Å². The Morgan fingerprint density at radius 2 is 2.00 bits per heavy atom. The van der Waals surface area contributed by atoms with E-state index in [-0.39, 0.29) is 5.91 Å². The second kappa shape index (κ2) is 6.53. The van der Waals surface area contributed by atoms with Crippen molar-refractivity contribution in [3.63, 3.8) is 0 Å². The molecule has 3 rings (SSSR count). The molecule has 2 aromatic rings. The minimum Gasteiger partial charge on any atom is -0.494 e. The fourth-order valence-corrected chi connectivity index (χ4v) is 3.18. The molecule has 0 atom stereocenters. The highest BCUT2D eigenvalue weighted by molar-refractivity contribution is 9.10. The van der Waals surface area contributed by atoms with Crippen LogP contribution in [-0.2, 0) is 17.6 Å². The number of hydrogen-bond acceptors (Lipinski definition) is 2. The van der Waals surface area contributed by atoms with E-state index in [4.69, 9.17) is 4.74 Å². The molecule has 0 spiro atoms. The van der Waals surface area contributed by atoms with Gasteiger partial charge >= 0.3 is 0 Å². The van der Waals surface area contributed by atoms with Crippen molar-refractivity contribution < 1.29 is 9.53 Å². The fraction of sp³-hybridized carbons (Fsp3) is 0.278. The normalized spacial score (nSPS) is 13.1. The number of amides is 1. The minimum absolute atomic E-state index is 0.144. The van der Waals surface area contributed by atoms with E-state index < -0.39 is 0 Å². The van der Waals surface area contributed by atoms with Gasteiger partial charge in [-0.25, -0.2) is 0 Å². The number of fused-ring (bicyclic) bond motifs is 1. The molecule has 1 heterocycles. The molecule has 0 saturated carbocycles. The lowest BCUT2D eigenvalue weighted by Gasteiger charge is -2.17. The van der Waals surface area contributed by atoms with Crippen molar-refractivity contribution in [1.82, 2.24) is 0 Å². The zero-order chi connectivity index (χ0) is 15.5. The van der Waals surface area contributed by atoms with Crippen molar-refractivity contribution in [2.24, 2.45) is 0 Å². The number of hydrogen-bond donors (Lipinski definition) is 0. The second-order valence-electron chi connectivity index (χ2n) is 5.32. The molecule has 1 amide bonds. The first kappa shape index (κ1) is 15.1. The number of ether oxygens (including phenoxy) is 1. The predicted octanol–water partition coefficient (Wildman–Crippen LogP) is 3.98. The largest absolute Gasteiger partial charge is 0.494 e. The highest BCUT2D eigenvalue weighted by Crippen LogP contribution is 2.31. The number of rotatable bonds is 4. The van der Waals surface area contributed by atoms with Crippen LogP contribution in [-0.4, -0.2) is 19.1 Å². The third-order valence-corrected chi connectivity index (χ3v) is 4.32. The van der Waals surface area contributed by atoms with E-state index in [0.717, 1.165) is 34.4 Å². The number of benzene rings is 2. The summed E-state index contributed by atoms with van der Waals surface area (Å²) in [4.78, 5) is 14.4. The Balaban J connectivity index is 1.71. The van der Waals surface area contributed by atoms with Crippen molar-refractivity contribution in [2.45, 2.75) is 19.8 Å². The molecule has 0 fully saturated rings. The molecule has 0 unspecified atom stereocenters. The first-order chi connectivity index (χ1) is 10.7. The summed E-state index contributed by atoms with van der Waals surface area (Å²) < 4.78 is 6.49. The fourth-order valence-electron chi connectivity index (χ4n) is 2.77. The zero-order valence-electron chi connectivity index (χ0n) is 12.5. The molecule has 114 valence electrons. The van der Waals surface area contributed by atoms with Gasteiger partial charge in [0.2, 0.25) is 5.91 Å². The third-order valence-electron chi connectivity index (χ3n) is 3.83. The van der Waals surface area contributed by atoms with Gasteiger partial charge in [0.15, 0.2) is 0 Å². The van der Waals surface area contributed by atoms with Gasteiger partial charge in [-0.2, -0.15) is 0 Å². The Kier molecular flexibility index (Phi) is 4.48. The first-order valence-electron chi connectivity index (χ1n) is 7.48. The molecule has 1 aliphatic rings. The van der Waals surface area contributed by atoms with Crippen molar-refractivity contribution in [3.8, 4) is 5.75 Å². The van der Waals surface area contributed by atoms with Crippen LogP contribution in [0.2, 0.25) is 0 Å². The second-order valence-corrected chi connectivity index (χ2v) is 6.24. The van der Waals surface area contributed by atoms with Gasteiger partial charge < -0.3 is 9.64 Å². The molecule has 2 aromatic carbocycles. The number of halogens is 1. The molecule has 4 heteroatoms. The lowest BCUT2D eigenvalue weighted by molar-refractivity contribution is -0.117. The molecular formula is C18H18BrNO2. The van der Waals surface area contributed by atoms with Crippen LogP contribution in [0.4, 0.5) is 5.69 Å². The molecule has 1 aliphatic heterocycles. The van der Waals surface area contributed by atoms with Crippen LogP contribution in [0, 0.1) is 0 Å². The SMILES string of the molecule is CCOc1ccc(CC(=O)N2CCc3cc(Br)ccc32)cc1. The molecule has 0 saturated heterocycles. The summed E-state index contributed by atoms with van der Waals surface area (Å²) in [5.41, 5.74) is 3.28. The Hall–Kier alpha value is -1.81. The summed E-state index contributed by atoms with van der Waals surface area (Å²) in [6, 6.07) is 13.9. The molecule has 0 bridgehead atoms. The molecule has 22 heavy (non-hydrogen) atoms. The summed E-state index contributed by atoms with van der Waals surface area (Å²) in [7, 11) is 0. The van der Waals surface area contributed by atoms with Crippen molar-refractivity contribution in [2.75, 3.05) is 18.1 Å². The Morgan fingerprint density at radius 1 is 1.23 bits per heavy atom. The lowest BCUT2D eigenvalue weighted by atomic mass is 10.1. The summed E-state index contributed by atoms with van der Waals surface area (Å²) >= 11 is 3.48. The molecule has 0 N–H and O–H groups in total. The number of nitrogens with zero attached hydrogens (tertiary/aromatic N) is 1. The standard InChI is InChI=1S/C18H18BrNO2/c1-2-22-16-6-3-13(4-7-16)11-18(21)20-10-9-14-12-15(19)5-8-17(14)20/h3-8,12H,2,9-11H2,1H3. The summed E-state index contributed by atoms with van der Waals surface area (Å²) in [5.74, 6) is 0.986. The van der Waals surface area contributed by atoms with Crippen molar-refractivity contribution in [1.29, 1.82) is 0 Å². The summed E-state index contributed by atoms with van der Waals surface area (Å²) in [6.45, 7) is 3.38. The van der Waals surface area contributed by atoms with Crippen LogP contribution >= 0.6 is 15.9 Å². The van der Waals surface area contributed by atoms with Crippen LogP contribution in [0.1, 0.15) is 18.1 Å². The smallest absolute Gasteiger partial charge is 0.231 e. The van der Waals surface area contributed by atoms with Crippen LogP contribution in [0.3, 0.4) is 0 Å². The molecule has 0 aromatic heterocycles. The Labute approximate surface area is 139 Å². The van der Waals surface area contributed by atoms with Crippen LogP contribution in [0.5, 0.6) is 5.75 Å². The number of carbonyl (C=O) groups excluding carboxylic acids is 1. The minimum atomic E-state index is 0.144. The molecule has 0 aliphatic carbocycles. The maximum absolute atomic E-state index is 12.6. The van der Waals surface area contributed by atoms with Gasteiger partial charge in [-0.1, -0.05) is 28.1 Å². The predicted molar refractivity (Wildman–Crippen MR) is 91.5 cm³/mol. The van der Waals surface area contributed by atoms with Gasteiger partial charge in [-0.3, -0.25) is 4.79 Å². The average molecular weight is 360 g/mol. The van der Waals surface area contributed by atoms with Crippen LogP contribution < -0.4 is 9.64 Å². The monoisotopic (exact) mass is 359 g/mol. The Bertz CT molecular complexity index is 682.